The monoisotopic (exact) mass is 804 g/mol. The van der Waals surface area contributed by atoms with Crippen molar-refractivity contribution >= 4 is 11.4 Å². The van der Waals surface area contributed by atoms with E-state index in [1.54, 1.807) is 13.8 Å². The summed E-state index contributed by atoms with van der Waals surface area (Å²) in [4.78, 5) is 0. The highest BCUT2D eigenvalue weighted by Gasteiger charge is 2.95. The molecule has 54 heavy (non-hydrogen) atoms. The zero-order chi connectivity index (χ0) is 41.1. The van der Waals surface area contributed by atoms with Gasteiger partial charge >= 0.3 is 47.4 Å². The Labute approximate surface area is 301 Å². The summed E-state index contributed by atoms with van der Waals surface area (Å²) >= 11 is 0. The standard InChI is InChI=1S/C36H40F16N2/c1-3-5-9-21-15-23(17-25(27(21)53)19-11-7-12-19)29(37,38)31(41,42)33(45,46)35(49,50)36(51,52)34(47,48)32(43,44)30(39,40)24-16-22(10-6-4-2)28(54)26(18-24)20-13-8-14-20/h15-20H,3-14,53-54H2,1-2H3. The van der Waals surface area contributed by atoms with Crippen LogP contribution in [0.2, 0.25) is 0 Å². The van der Waals surface area contributed by atoms with Crippen molar-refractivity contribution in [3.05, 3.63) is 57.6 Å². The molecule has 2 aliphatic carbocycles. The van der Waals surface area contributed by atoms with Crippen LogP contribution < -0.4 is 11.5 Å². The van der Waals surface area contributed by atoms with Gasteiger partial charge in [0.1, 0.15) is 0 Å². The molecule has 0 aromatic heterocycles. The van der Waals surface area contributed by atoms with Crippen LogP contribution in [-0.4, -0.2) is 35.5 Å². The van der Waals surface area contributed by atoms with Gasteiger partial charge in [-0.3, -0.25) is 0 Å². The first kappa shape index (κ1) is 43.6. The van der Waals surface area contributed by atoms with E-state index in [1.807, 2.05) is 0 Å². The maximum absolute atomic E-state index is 15.5. The molecule has 0 aliphatic heterocycles. The molecule has 2 aliphatic rings. The molecule has 306 valence electrons. The Morgan fingerprint density at radius 2 is 0.741 bits per heavy atom. The summed E-state index contributed by atoms with van der Waals surface area (Å²) in [6.45, 7) is 3.22. The van der Waals surface area contributed by atoms with Gasteiger partial charge in [-0.25, -0.2) is 0 Å². The smallest absolute Gasteiger partial charge is 0.385 e. The average molecular weight is 805 g/mol. The first-order valence-corrected chi connectivity index (χ1v) is 17.5. The molecule has 2 aromatic carbocycles. The number of nitrogens with two attached hydrogens (primary N) is 2. The molecule has 2 saturated carbocycles. The van der Waals surface area contributed by atoms with Crippen LogP contribution in [0.1, 0.15) is 123 Å². The van der Waals surface area contributed by atoms with Crippen molar-refractivity contribution in [2.75, 3.05) is 11.5 Å². The van der Waals surface area contributed by atoms with E-state index in [9.17, 15) is 17.6 Å². The molecule has 2 fully saturated rings. The lowest BCUT2D eigenvalue weighted by Crippen LogP contribution is -2.74. The third-order valence-electron chi connectivity index (χ3n) is 10.8. The second-order valence-corrected chi connectivity index (χ2v) is 14.3. The summed E-state index contributed by atoms with van der Waals surface area (Å²) < 4.78 is 243. The summed E-state index contributed by atoms with van der Waals surface area (Å²) in [7, 11) is 0. The van der Waals surface area contributed by atoms with Crippen molar-refractivity contribution in [1.82, 2.24) is 0 Å². The molecule has 0 radical (unpaired) electrons. The Morgan fingerprint density at radius 3 is 0.981 bits per heavy atom. The topological polar surface area (TPSA) is 52.0 Å². The number of hydrogen-bond acceptors (Lipinski definition) is 2. The van der Waals surface area contributed by atoms with E-state index in [0.717, 1.165) is 0 Å². The van der Waals surface area contributed by atoms with Gasteiger partial charge in [0.05, 0.1) is 0 Å². The summed E-state index contributed by atoms with van der Waals surface area (Å²) in [5.74, 6) is -63.5. The van der Waals surface area contributed by atoms with E-state index >= 15 is 52.7 Å². The average Bonchev–Trinajstić information content (AvgIpc) is 3.02. The number of hydrogen-bond donors (Lipinski definition) is 2. The molecule has 0 bridgehead atoms. The number of alkyl halides is 16. The van der Waals surface area contributed by atoms with E-state index in [2.05, 4.69) is 0 Å². The molecule has 18 heteroatoms. The summed E-state index contributed by atoms with van der Waals surface area (Å²) in [5.41, 5.74) is 6.13. The zero-order valence-corrected chi connectivity index (χ0v) is 29.2. The lowest BCUT2D eigenvalue weighted by molar-refractivity contribution is -0.456. The highest BCUT2D eigenvalue weighted by atomic mass is 19.4. The third-order valence-corrected chi connectivity index (χ3v) is 10.8. The van der Waals surface area contributed by atoms with Crippen molar-refractivity contribution in [1.29, 1.82) is 0 Å². The quantitative estimate of drug-likeness (QED) is 0.124. The van der Waals surface area contributed by atoms with Crippen LogP contribution in [-0.2, 0) is 24.7 Å². The van der Waals surface area contributed by atoms with Crippen molar-refractivity contribution in [3.63, 3.8) is 0 Å². The third kappa shape index (κ3) is 6.46. The van der Waals surface area contributed by atoms with Crippen molar-refractivity contribution in [3.8, 4) is 0 Å². The molecule has 4 N–H and O–H groups in total. The second kappa shape index (κ2) is 14.5. The number of nitrogen functional groups attached to an aromatic ring is 2. The zero-order valence-electron chi connectivity index (χ0n) is 29.2. The van der Waals surface area contributed by atoms with Crippen LogP contribution in [0.3, 0.4) is 0 Å². The van der Waals surface area contributed by atoms with Crippen LogP contribution in [0, 0.1) is 0 Å². The van der Waals surface area contributed by atoms with Gasteiger partial charge in [-0.2, -0.15) is 70.2 Å². The highest BCUT2D eigenvalue weighted by Crippen LogP contribution is 2.66. The SMILES string of the molecule is CCCCc1cc(C(F)(F)C(F)(F)C(F)(F)C(F)(F)C(F)(F)C(F)(F)C(F)(F)C(F)(F)c2cc(CCCC)c(N)c(C3CCC3)c2)cc(C2CCC2)c1N. The number of anilines is 2. The van der Waals surface area contributed by atoms with Crippen LogP contribution in [0.15, 0.2) is 24.3 Å². The van der Waals surface area contributed by atoms with Crippen molar-refractivity contribution < 1.29 is 70.2 Å². The number of rotatable bonds is 17. The van der Waals surface area contributed by atoms with Crippen molar-refractivity contribution in [2.45, 2.75) is 150 Å². The summed E-state index contributed by atoms with van der Waals surface area (Å²) in [6.07, 6.45) is 2.69. The highest BCUT2D eigenvalue weighted by molar-refractivity contribution is 5.60. The van der Waals surface area contributed by atoms with E-state index in [1.165, 1.54) is 0 Å². The van der Waals surface area contributed by atoms with Crippen LogP contribution in [0.25, 0.3) is 0 Å². The first-order chi connectivity index (χ1) is 24.6. The first-order valence-electron chi connectivity index (χ1n) is 17.5. The number of benzene rings is 2. The fourth-order valence-electron chi connectivity index (χ4n) is 6.65. The Kier molecular flexibility index (Phi) is 11.7. The molecular weight excluding hydrogens is 764 g/mol. The largest absolute Gasteiger partial charge is 0.398 e. The number of halogens is 16. The van der Waals surface area contributed by atoms with Gasteiger partial charge < -0.3 is 11.5 Å². The Hall–Kier alpha value is -3.08. The minimum atomic E-state index is -8.52. The molecule has 0 heterocycles. The molecule has 0 amide bonds. The maximum Gasteiger partial charge on any atom is 0.385 e. The summed E-state index contributed by atoms with van der Waals surface area (Å²) in [6, 6.07) is 0.654. The lowest BCUT2D eigenvalue weighted by atomic mass is 9.76. The Morgan fingerprint density at radius 1 is 0.463 bits per heavy atom. The minimum absolute atomic E-state index is 0.149. The van der Waals surface area contributed by atoms with Crippen molar-refractivity contribution in [2.24, 2.45) is 0 Å². The second-order valence-electron chi connectivity index (χ2n) is 14.3. The van der Waals surface area contributed by atoms with E-state index in [-0.39, 0.29) is 109 Å². The fourth-order valence-corrected chi connectivity index (χ4v) is 6.65. The number of unbranched alkanes of at least 4 members (excludes halogenated alkanes) is 2. The predicted molar refractivity (Wildman–Crippen MR) is 170 cm³/mol. The predicted octanol–water partition coefficient (Wildman–Crippen LogP) is 12.8. The molecule has 0 saturated heterocycles. The summed E-state index contributed by atoms with van der Waals surface area (Å²) in [5, 5.41) is 0. The molecule has 2 nitrogen and oxygen atoms in total. The Bertz CT molecular complexity index is 1540. The van der Waals surface area contributed by atoms with Gasteiger partial charge in [-0.05, 0) is 110 Å². The van der Waals surface area contributed by atoms with Gasteiger partial charge in [0.25, 0.3) is 0 Å². The maximum atomic E-state index is 15.5. The normalized spacial score (nSPS) is 17.4. The van der Waals surface area contributed by atoms with E-state index in [0.29, 0.717) is 25.7 Å². The van der Waals surface area contributed by atoms with Gasteiger partial charge in [0, 0.05) is 22.5 Å². The van der Waals surface area contributed by atoms with Crippen LogP contribution in [0.5, 0.6) is 0 Å². The van der Waals surface area contributed by atoms with Gasteiger partial charge in [0.2, 0.25) is 0 Å². The molecule has 0 unspecified atom stereocenters. The van der Waals surface area contributed by atoms with Gasteiger partial charge in [-0.1, -0.05) is 39.5 Å². The Balaban J connectivity index is 1.80. The molecule has 4 rings (SSSR count). The molecule has 0 spiro atoms. The van der Waals surface area contributed by atoms with E-state index < -0.39 is 70.3 Å². The van der Waals surface area contributed by atoms with Gasteiger partial charge in [0.15, 0.2) is 0 Å². The van der Waals surface area contributed by atoms with Crippen LogP contribution >= 0.6 is 0 Å². The molecular formula is C36H40F16N2. The molecule has 0 atom stereocenters. The fraction of sp³-hybridized carbons (Fsp3) is 0.667. The lowest BCUT2D eigenvalue weighted by Gasteiger charge is -2.44. The van der Waals surface area contributed by atoms with Gasteiger partial charge in [-0.15, -0.1) is 0 Å². The van der Waals surface area contributed by atoms with Crippen LogP contribution in [0.4, 0.5) is 81.6 Å². The molecule has 2 aromatic rings. The number of aryl methyl sites for hydroxylation is 2. The minimum Gasteiger partial charge on any atom is -0.398 e. The van der Waals surface area contributed by atoms with E-state index in [4.69, 9.17) is 11.5 Å².